The van der Waals surface area contributed by atoms with Crippen LogP contribution in [0.5, 0.6) is 0 Å². The summed E-state index contributed by atoms with van der Waals surface area (Å²) in [4.78, 5) is 27.2. The molecule has 6 heteroatoms. The number of hydrogen-bond acceptors (Lipinski definition) is 4. The topological polar surface area (TPSA) is 55.2 Å². The molecule has 1 atom stereocenters. The Bertz CT molecular complexity index is 1140. The van der Waals surface area contributed by atoms with Crippen molar-refractivity contribution in [2.24, 2.45) is 5.92 Å². The van der Waals surface area contributed by atoms with Crippen molar-refractivity contribution in [1.29, 1.82) is 0 Å². The van der Waals surface area contributed by atoms with Crippen molar-refractivity contribution in [1.82, 2.24) is 14.7 Å². The molecule has 0 amide bonds. The summed E-state index contributed by atoms with van der Waals surface area (Å²) in [5, 5.41) is 4.45. The number of hydrogen-bond donors (Lipinski definition) is 0. The largest absolute Gasteiger partial charge is 0.306 e. The Labute approximate surface area is 187 Å². The second-order valence-corrected chi connectivity index (χ2v) is 8.71. The lowest BCUT2D eigenvalue weighted by Crippen LogP contribution is -2.23. The summed E-state index contributed by atoms with van der Waals surface area (Å²) >= 11 is 0. The third kappa shape index (κ3) is 5.77. The third-order valence-corrected chi connectivity index (χ3v) is 6.05. The number of likely N-dealkylation sites (tertiary alicyclic amines) is 1. The molecule has 32 heavy (non-hydrogen) atoms. The first-order chi connectivity index (χ1) is 15.5. The fraction of sp³-hybridized carbons (Fsp3) is 0.346. The molecular formula is C26H28FN3O2. The average molecular weight is 434 g/mol. The van der Waals surface area contributed by atoms with Crippen molar-refractivity contribution in [3.05, 3.63) is 88.0 Å². The van der Waals surface area contributed by atoms with Gasteiger partial charge in [-0.25, -0.2) is 9.07 Å². The van der Waals surface area contributed by atoms with Crippen LogP contribution >= 0.6 is 0 Å². The molecule has 3 aromatic rings. The van der Waals surface area contributed by atoms with Crippen molar-refractivity contribution in [3.63, 3.8) is 0 Å². The molecular weight excluding hydrogens is 405 g/mol. The van der Waals surface area contributed by atoms with Gasteiger partial charge in [-0.05, 0) is 73.8 Å². The van der Waals surface area contributed by atoms with Crippen LogP contribution in [-0.2, 0) is 17.8 Å². The van der Waals surface area contributed by atoms with E-state index < -0.39 is 0 Å². The number of aromatic nitrogens is 2. The van der Waals surface area contributed by atoms with Crippen molar-refractivity contribution in [3.8, 4) is 11.3 Å². The number of ketones is 1. The average Bonchev–Trinajstić information content (AvgIpc) is 3.20. The predicted molar refractivity (Wildman–Crippen MR) is 123 cm³/mol. The van der Waals surface area contributed by atoms with Crippen LogP contribution < -0.4 is 5.56 Å². The number of carbonyl (C=O) groups excluding carboxylic acids is 1. The summed E-state index contributed by atoms with van der Waals surface area (Å²) in [5.41, 5.74) is 3.01. The van der Waals surface area contributed by atoms with Crippen molar-refractivity contribution < 1.29 is 9.18 Å². The summed E-state index contributed by atoms with van der Waals surface area (Å²) < 4.78 is 14.6. The molecule has 1 saturated heterocycles. The summed E-state index contributed by atoms with van der Waals surface area (Å²) in [6.07, 6.45) is 3.16. The molecule has 0 aliphatic carbocycles. The number of Topliss-reactive ketones (excluding diaryl/α,β-unsaturated/α-hetero) is 1. The number of rotatable bonds is 8. The molecule has 2 heterocycles. The van der Waals surface area contributed by atoms with Crippen LogP contribution in [0.25, 0.3) is 11.3 Å². The summed E-state index contributed by atoms with van der Waals surface area (Å²) in [6.45, 7) is 2.52. The molecule has 0 saturated carbocycles. The lowest BCUT2D eigenvalue weighted by atomic mass is 9.97. The number of carbonyl (C=O) groups is 1. The molecule has 0 spiro atoms. The molecule has 5 nitrogen and oxygen atoms in total. The van der Waals surface area contributed by atoms with Crippen LogP contribution in [0.3, 0.4) is 0 Å². The van der Waals surface area contributed by atoms with E-state index in [1.165, 1.54) is 29.3 Å². The second kappa shape index (κ2) is 10.0. The SMILES string of the molecule is CN1CCC(CCC(=O)Cc2cccc(Cn3nc(-c4ccc(F)cc4)ccc3=O)c2)C1. The maximum Gasteiger partial charge on any atom is 0.267 e. The van der Waals surface area contributed by atoms with Crippen LogP contribution in [-0.4, -0.2) is 40.6 Å². The standard InChI is InChI=1S/C26H28FN3O2/c1-29-14-13-19(17-29)5-10-24(31)16-20-3-2-4-21(15-20)18-30-26(32)12-11-25(28-30)22-6-8-23(27)9-7-22/h2-4,6-9,11-12,15,19H,5,10,13-14,16-18H2,1H3. The maximum atomic E-state index is 13.2. The van der Waals surface area contributed by atoms with Crippen LogP contribution in [0.15, 0.2) is 65.5 Å². The van der Waals surface area contributed by atoms with Gasteiger partial charge >= 0.3 is 0 Å². The number of benzene rings is 2. The van der Waals surface area contributed by atoms with Gasteiger partial charge in [-0.15, -0.1) is 0 Å². The van der Waals surface area contributed by atoms with E-state index in [1.807, 2.05) is 24.3 Å². The molecule has 0 N–H and O–H groups in total. The highest BCUT2D eigenvalue weighted by Crippen LogP contribution is 2.20. The normalized spacial score (nSPS) is 16.4. The summed E-state index contributed by atoms with van der Waals surface area (Å²) in [5.74, 6) is 0.566. The van der Waals surface area contributed by atoms with E-state index in [0.29, 0.717) is 31.0 Å². The van der Waals surface area contributed by atoms with E-state index in [1.54, 1.807) is 18.2 Å². The first-order valence-electron chi connectivity index (χ1n) is 11.1. The Kier molecular flexibility index (Phi) is 6.90. The molecule has 1 unspecified atom stereocenters. The Hall–Kier alpha value is -3.12. The summed E-state index contributed by atoms with van der Waals surface area (Å²) in [6, 6.07) is 16.9. The Morgan fingerprint density at radius 2 is 1.88 bits per heavy atom. The number of nitrogens with zero attached hydrogens (tertiary/aromatic N) is 3. The van der Waals surface area contributed by atoms with Gasteiger partial charge in [0.05, 0.1) is 12.2 Å². The lowest BCUT2D eigenvalue weighted by Gasteiger charge is -2.10. The smallest absolute Gasteiger partial charge is 0.267 e. The fourth-order valence-corrected chi connectivity index (χ4v) is 4.29. The van der Waals surface area contributed by atoms with Crippen LogP contribution in [0, 0.1) is 11.7 Å². The minimum Gasteiger partial charge on any atom is -0.306 e. The quantitative estimate of drug-likeness (QED) is 0.540. The van der Waals surface area contributed by atoms with Crippen LogP contribution in [0.2, 0.25) is 0 Å². The monoisotopic (exact) mass is 433 g/mol. The molecule has 1 aromatic heterocycles. The predicted octanol–water partition coefficient (Wildman–Crippen LogP) is 3.94. The molecule has 1 fully saturated rings. The Morgan fingerprint density at radius 3 is 2.62 bits per heavy atom. The van der Waals surface area contributed by atoms with Gasteiger partial charge in [0.15, 0.2) is 0 Å². The van der Waals surface area contributed by atoms with Crippen LogP contribution in [0.4, 0.5) is 4.39 Å². The van der Waals surface area contributed by atoms with Gasteiger partial charge in [0.25, 0.3) is 5.56 Å². The highest BCUT2D eigenvalue weighted by atomic mass is 19.1. The van der Waals surface area contributed by atoms with Gasteiger partial charge in [-0.1, -0.05) is 24.3 Å². The molecule has 4 rings (SSSR count). The molecule has 0 radical (unpaired) electrons. The van der Waals surface area contributed by atoms with Crippen molar-refractivity contribution in [2.75, 3.05) is 20.1 Å². The first-order valence-corrected chi connectivity index (χ1v) is 11.1. The highest BCUT2D eigenvalue weighted by Gasteiger charge is 2.20. The van der Waals surface area contributed by atoms with Crippen molar-refractivity contribution >= 4 is 5.78 Å². The maximum absolute atomic E-state index is 13.2. The molecule has 0 bridgehead atoms. The van der Waals surface area contributed by atoms with E-state index in [-0.39, 0.29) is 17.2 Å². The first kappa shape index (κ1) is 22.1. The zero-order chi connectivity index (χ0) is 22.5. The molecule has 1 aliphatic heterocycles. The van der Waals surface area contributed by atoms with Gasteiger partial charge < -0.3 is 4.90 Å². The molecule has 1 aliphatic rings. The van der Waals surface area contributed by atoms with Gasteiger partial charge in [0, 0.05) is 31.0 Å². The molecule has 2 aromatic carbocycles. The number of halogens is 1. The van der Waals surface area contributed by atoms with Crippen molar-refractivity contribution in [2.45, 2.75) is 32.2 Å². The van der Waals surface area contributed by atoms with Gasteiger partial charge in [0.1, 0.15) is 11.6 Å². The zero-order valence-electron chi connectivity index (χ0n) is 18.3. The minimum absolute atomic E-state index is 0.209. The van der Waals surface area contributed by atoms with Gasteiger partial charge in [-0.3, -0.25) is 9.59 Å². The van der Waals surface area contributed by atoms with E-state index in [4.69, 9.17) is 0 Å². The Balaban J connectivity index is 1.41. The van der Waals surface area contributed by atoms with E-state index >= 15 is 0 Å². The minimum atomic E-state index is -0.316. The third-order valence-electron chi connectivity index (χ3n) is 6.05. The van der Waals surface area contributed by atoms with Gasteiger partial charge in [0.2, 0.25) is 0 Å². The molecule has 166 valence electrons. The Morgan fingerprint density at radius 1 is 1.09 bits per heavy atom. The second-order valence-electron chi connectivity index (χ2n) is 8.71. The fourth-order valence-electron chi connectivity index (χ4n) is 4.29. The highest BCUT2D eigenvalue weighted by molar-refractivity contribution is 5.80. The summed E-state index contributed by atoms with van der Waals surface area (Å²) in [7, 11) is 2.13. The zero-order valence-corrected chi connectivity index (χ0v) is 18.3. The lowest BCUT2D eigenvalue weighted by molar-refractivity contribution is -0.118. The van der Waals surface area contributed by atoms with Gasteiger partial charge in [-0.2, -0.15) is 5.10 Å². The van der Waals surface area contributed by atoms with Crippen LogP contribution in [0.1, 0.15) is 30.4 Å². The van der Waals surface area contributed by atoms with E-state index in [9.17, 15) is 14.0 Å². The van der Waals surface area contributed by atoms with E-state index in [2.05, 4.69) is 17.0 Å². The van der Waals surface area contributed by atoms with E-state index in [0.717, 1.165) is 36.2 Å².